The molecule has 2 aromatic carbocycles. The number of nitrogens with zero attached hydrogens (tertiary/aromatic N) is 2. The maximum absolute atomic E-state index is 12.7. The molecule has 0 spiro atoms. The smallest absolute Gasteiger partial charge is 0.423 e. The maximum Gasteiger partial charge on any atom is 0.491 e. The molecule has 0 saturated carbocycles. The summed E-state index contributed by atoms with van der Waals surface area (Å²) in [6.07, 6.45) is 2.06. The van der Waals surface area contributed by atoms with Crippen LogP contribution in [-0.2, 0) is 17.7 Å². The first-order valence-electron chi connectivity index (χ1n) is 8.28. The Hall–Kier alpha value is -2.41. The van der Waals surface area contributed by atoms with Crippen molar-refractivity contribution in [1.29, 1.82) is 0 Å². The van der Waals surface area contributed by atoms with Gasteiger partial charge in [-0.2, -0.15) is 5.10 Å². The number of carbonyl (C=O) groups excluding carboxylic acids is 1. The van der Waals surface area contributed by atoms with Crippen LogP contribution in [0, 0.1) is 6.92 Å². The number of benzene rings is 2. The van der Waals surface area contributed by atoms with E-state index in [-0.39, 0.29) is 12.2 Å². The highest BCUT2D eigenvalue weighted by molar-refractivity contribution is 6.61. The third kappa shape index (κ3) is 3.19. The summed E-state index contributed by atoms with van der Waals surface area (Å²) in [5.41, 5.74) is 4.68. The number of aromatic nitrogens is 2. The summed E-state index contributed by atoms with van der Waals surface area (Å²) in [6, 6.07) is 12.8. The zero-order chi connectivity index (χ0) is 18.3. The van der Waals surface area contributed by atoms with Crippen LogP contribution >= 0.6 is 11.6 Å². The summed E-state index contributed by atoms with van der Waals surface area (Å²) < 4.78 is 6.90. The van der Waals surface area contributed by atoms with Crippen LogP contribution in [0.2, 0.25) is 5.02 Å². The van der Waals surface area contributed by atoms with Gasteiger partial charge in [0.2, 0.25) is 0 Å². The lowest BCUT2D eigenvalue weighted by Crippen LogP contribution is -2.28. The Labute approximate surface area is 156 Å². The molecule has 1 N–H and O–H groups in total. The van der Waals surface area contributed by atoms with Crippen LogP contribution in [0.5, 0.6) is 0 Å². The van der Waals surface area contributed by atoms with E-state index in [0.29, 0.717) is 17.2 Å². The molecule has 0 saturated heterocycles. The molecule has 0 unspecified atom stereocenters. The van der Waals surface area contributed by atoms with E-state index in [1.54, 1.807) is 16.8 Å². The van der Waals surface area contributed by atoms with Gasteiger partial charge in [0.25, 0.3) is 0 Å². The predicted molar refractivity (Wildman–Crippen MR) is 100 cm³/mol. The molecular weight excluding hydrogens is 350 g/mol. The Kier molecular flexibility index (Phi) is 4.40. The van der Waals surface area contributed by atoms with E-state index in [1.165, 1.54) is 0 Å². The van der Waals surface area contributed by atoms with Gasteiger partial charge in [-0.25, -0.2) is 4.68 Å². The summed E-state index contributed by atoms with van der Waals surface area (Å²) >= 11 is 6.34. The Balaban J connectivity index is 1.56. The zero-order valence-corrected chi connectivity index (χ0v) is 14.9. The molecule has 0 aliphatic carbocycles. The standard InChI is InChI=1S/C19H16BClN2O3/c1-12-6-7-23(22-12)15-4-5-16(18(21)10-15)19(24)9-13-2-3-14-11-26-20(25)17(14)8-13/h2-8,10,25H,9,11H2,1H3. The van der Waals surface area contributed by atoms with Gasteiger partial charge in [0.1, 0.15) is 0 Å². The van der Waals surface area contributed by atoms with Gasteiger partial charge < -0.3 is 9.68 Å². The number of hydrogen-bond donors (Lipinski definition) is 1. The van der Waals surface area contributed by atoms with E-state index in [2.05, 4.69) is 5.10 Å². The van der Waals surface area contributed by atoms with E-state index < -0.39 is 7.12 Å². The van der Waals surface area contributed by atoms with Gasteiger partial charge in [-0.15, -0.1) is 0 Å². The monoisotopic (exact) mass is 366 g/mol. The van der Waals surface area contributed by atoms with Gasteiger partial charge in [-0.05, 0) is 47.8 Å². The average molecular weight is 367 g/mol. The van der Waals surface area contributed by atoms with E-state index in [1.807, 2.05) is 43.5 Å². The van der Waals surface area contributed by atoms with Crippen molar-refractivity contribution in [3.8, 4) is 5.69 Å². The number of Topliss-reactive ketones (excluding diaryl/α,β-unsaturated/α-hetero) is 1. The third-order valence-corrected chi connectivity index (χ3v) is 4.79. The van der Waals surface area contributed by atoms with E-state index in [4.69, 9.17) is 16.3 Å². The molecular formula is C19H16BClN2O3. The highest BCUT2D eigenvalue weighted by atomic mass is 35.5. The number of halogens is 1. The fourth-order valence-electron chi connectivity index (χ4n) is 3.09. The van der Waals surface area contributed by atoms with Crippen molar-refractivity contribution in [3.05, 3.63) is 76.1 Å². The van der Waals surface area contributed by atoms with Crippen molar-refractivity contribution < 1.29 is 14.5 Å². The number of hydrogen-bond acceptors (Lipinski definition) is 4. The fourth-order valence-corrected chi connectivity index (χ4v) is 3.37. The van der Waals surface area contributed by atoms with Gasteiger partial charge in [0.05, 0.1) is 23.0 Å². The summed E-state index contributed by atoms with van der Waals surface area (Å²) in [5, 5.41) is 14.5. The molecule has 4 rings (SSSR count). The molecule has 0 radical (unpaired) electrons. The second kappa shape index (κ2) is 6.72. The molecule has 1 aliphatic rings. The Morgan fingerprint density at radius 1 is 1.31 bits per heavy atom. The second-order valence-corrected chi connectivity index (χ2v) is 6.77. The van der Waals surface area contributed by atoms with Crippen LogP contribution in [0.1, 0.15) is 27.2 Å². The van der Waals surface area contributed by atoms with Crippen LogP contribution in [0.15, 0.2) is 48.7 Å². The zero-order valence-electron chi connectivity index (χ0n) is 14.1. The quantitative estimate of drug-likeness (QED) is 0.569. The minimum absolute atomic E-state index is 0.0773. The molecule has 1 aromatic heterocycles. The highest BCUT2D eigenvalue weighted by Crippen LogP contribution is 2.22. The van der Waals surface area contributed by atoms with E-state index >= 15 is 0 Å². The first-order valence-corrected chi connectivity index (χ1v) is 8.66. The fraction of sp³-hybridized carbons (Fsp3) is 0.158. The summed E-state index contributed by atoms with van der Waals surface area (Å²) in [7, 11) is -0.916. The molecule has 0 bridgehead atoms. The van der Waals surface area contributed by atoms with E-state index in [0.717, 1.165) is 28.0 Å². The Morgan fingerprint density at radius 2 is 2.15 bits per heavy atom. The SMILES string of the molecule is Cc1ccn(-c2ccc(C(=O)Cc3ccc4c(c3)B(O)OC4)c(Cl)c2)n1. The van der Waals surface area contributed by atoms with Gasteiger partial charge >= 0.3 is 7.12 Å². The largest absolute Gasteiger partial charge is 0.491 e. The molecule has 0 atom stereocenters. The van der Waals surface area contributed by atoms with Gasteiger partial charge in [-0.3, -0.25) is 4.79 Å². The Bertz CT molecular complexity index is 1000. The molecule has 7 heteroatoms. The van der Waals surface area contributed by atoms with Crippen LogP contribution in [0.25, 0.3) is 5.69 Å². The number of ketones is 1. The third-order valence-electron chi connectivity index (χ3n) is 4.48. The topological polar surface area (TPSA) is 64.4 Å². The van der Waals surface area contributed by atoms with Gasteiger partial charge in [-0.1, -0.05) is 29.8 Å². The maximum atomic E-state index is 12.7. The minimum Gasteiger partial charge on any atom is -0.423 e. The molecule has 2 heterocycles. The lowest BCUT2D eigenvalue weighted by Gasteiger charge is -2.08. The van der Waals surface area contributed by atoms with Crippen LogP contribution < -0.4 is 5.46 Å². The number of aryl methyl sites for hydroxylation is 1. The molecule has 130 valence electrons. The summed E-state index contributed by atoms with van der Waals surface area (Å²) in [5.74, 6) is -0.0773. The summed E-state index contributed by atoms with van der Waals surface area (Å²) in [6.45, 7) is 2.31. The predicted octanol–water partition coefficient (Wildman–Crippen LogP) is 2.48. The molecule has 3 aromatic rings. The number of carbonyl (C=O) groups is 1. The lowest BCUT2D eigenvalue weighted by atomic mass is 9.78. The molecule has 5 nitrogen and oxygen atoms in total. The molecule has 0 amide bonds. The van der Waals surface area contributed by atoms with Crippen molar-refractivity contribution >= 4 is 30.0 Å². The molecule has 1 aliphatic heterocycles. The lowest BCUT2D eigenvalue weighted by molar-refractivity contribution is 0.0993. The van der Waals surface area contributed by atoms with Crippen LogP contribution in [-0.4, -0.2) is 27.7 Å². The van der Waals surface area contributed by atoms with Gasteiger partial charge in [0, 0.05) is 18.2 Å². The van der Waals surface area contributed by atoms with Crippen molar-refractivity contribution in [1.82, 2.24) is 9.78 Å². The molecule has 0 fully saturated rings. The van der Waals surface area contributed by atoms with E-state index in [9.17, 15) is 9.82 Å². The normalized spacial score (nSPS) is 13.1. The van der Waals surface area contributed by atoms with Crippen molar-refractivity contribution in [2.24, 2.45) is 0 Å². The average Bonchev–Trinajstić information content (AvgIpc) is 3.21. The summed E-state index contributed by atoms with van der Waals surface area (Å²) in [4.78, 5) is 12.7. The first-order chi connectivity index (χ1) is 12.5. The number of rotatable bonds is 4. The highest BCUT2D eigenvalue weighted by Gasteiger charge is 2.27. The Morgan fingerprint density at radius 3 is 2.88 bits per heavy atom. The van der Waals surface area contributed by atoms with Crippen LogP contribution in [0.4, 0.5) is 0 Å². The number of fused-ring (bicyclic) bond motifs is 1. The van der Waals surface area contributed by atoms with Gasteiger partial charge in [0.15, 0.2) is 5.78 Å². The van der Waals surface area contributed by atoms with Crippen LogP contribution in [0.3, 0.4) is 0 Å². The second-order valence-electron chi connectivity index (χ2n) is 6.36. The molecule has 26 heavy (non-hydrogen) atoms. The minimum atomic E-state index is -0.916. The van der Waals surface area contributed by atoms with Crippen molar-refractivity contribution in [2.75, 3.05) is 0 Å². The van der Waals surface area contributed by atoms with Crippen molar-refractivity contribution in [3.63, 3.8) is 0 Å². The first kappa shape index (κ1) is 17.0. The van der Waals surface area contributed by atoms with Crippen molar-refractivity contribution in [2.45, 2.75) is 20.0 Å².